The summed E-state index contributed by atoms with van der Waals surface area (Å²) in [6, 6.07) is 0.526. The van der Waals surface area contributed by atoms with Crippen LogP contribution in [0.5, 0.6) is 6.01 Å². The van der Waals surface area contributed by atoms with E-state index < -0.39 is 0 Å². The van der Waals surface area contributed by atoms with Gasteiger partial charge in [-0.3, -0.25) is 0 Å². The maximum absolute atomic E-state index is 5.72. The van der Waals surface area contributed by atoms with Gasteiger partial charge in [-0.2, -0.15) is 0 Å². The number of aromatic nitrogens is 2. The highest BCUT2D eigenvalue weighted by Gasteiger charge is 2.14. The van der Waals surface area contributed by atoms with E-state index in [1.807, 2.05) is 20.2 Å². The molecule has 0 bridgehead atoms. The minimum absolute atomic E-state index is 0.526. The fraction of sp³-hybridized carbons (Fsp3) is 0.714. The predicted octanol–water partition coefficient (Wildman–Crippen LogP) is 2.46. The fourth-order valence-electron chi connectivity index (χ4n) is 2.45. The van der Waals surface area contributed by atoms with E-state index in [4.69, 9.17) is 4.74 Å². The van der Waals surface area contributed by atoms with Crippen LogP contribution in [0.4, 0.5) is 0 Å². The second kappa shape index (κ2) is 6.69. The van der Waals surface area contributed by atoms with Gasteiger partial charge in [0, 0.05) is 24.0 Å². The Morgan fingerprint density at radius 3 is 2.78 bits per heavy atom. The average Bonchev–Trinajstić information content (AvgIpc) is 2.41. The second-order valence-electron chi connectivity index (χ2n) is 5.11. The molecule has 0 atom stereocenters. The zero-order valence-corrected chi connectivity index (χ0v) is 11.4. The maximum Gasteiger partial charge on any atom is 0.316 e. The van der Waals surface area contributed by atoms with E-state index in [2.05, 4.69) is 15.3 Å². The first-order valence-electron chi connectivity index (χ1n) is 6.89. The molecule has 100 valence electrons. The average molecular weight is 249 g/mol. The van der Waals surface area contributed by atoms with Crippen LogP contribution < -0.4 is 10.1 Å². The topological polar surface area (TPSA) is 47.0 Å². The zero-order valence-electron chi connectivity index (χ0n) is 11.4. The number of nitrogens with one attached hydrogen (secondary N) is 1. The van der Waals surface area contributed by atoms with Crippen molar-refractivity contribution in [1.29, 1.82) is 0 Å². The van der Waals surface area contributed by atoms with Crippen LogP contribution in [0.25, 0.3) is 0 Å². The van der Waals surface area contributed by atoms with Crippen molar-refractivity contribution in [2.75, 3.05) is 13.7 Å². The van der Waals surface area contributed by atoms with Gasteiger partial charge < -0.3 is 10.1 Å². The van der Waals surface area contributed by atoms with Crippen LogP contribution in [-0.4, -0.2) is 23.6 Å². The first-order chi connectivity index (χ1) is 8.79. The summed E-state index contributed by atoms with van der Waals surface area (Å²) >= 11 is 0. The summed E-state index contributed by atoms with van der Waals surface area (Å²) in [7, 11) is 1.92. The smallest absolute Gasteiger partial charge is 0.316 e. The summed E-state index contributed by atoms with van der Waals surface area (Å²) in [5.74, 6) is 0.694. The molecule has 4 nitrogen and oxygen atoms in total. The molecule has 4 heteroatoms. The molecule has 1 aliphatic carbocycles. The molecule has 1 fully saturated rings. The Bertz CT molecular complexity index is 375. The molecule has 0 saturated heterocycles. The molecular weight excluding hydrogens is 226 g/mol. The molecule has 1 aromatic rings. The third-order valence-electron chi connectivity index (χ3n) is 3.60. The molecule has 0 aromatic carbocycles. The molecule has 1 N–H and O–H groups in total. The third-order valence-corrected chi connectivity index (χ3v) is 3.60. The molecule has 1 aliphatic rings. The van der Waals surface area contributed by atoms with Gasteiger partial charge in [-0.25, -0.2) is 9.97 Å². The van der Waals surface area contributed by atoms with Crippen LogP contribution in [0.2, 0.25) is 0 Å². The van der Waals surface area contributed by atoms with Gasteiger partial charge in [0.15, 0.2) is 0 Å². The second-order valence-corrected chi connectivity index (χ2v) is 5.11. The van der Waals surface area contributed by atoms with Crippen LogP contribution in [0.15, 0.2) is 6.20 Å². The standard InChI is InChI=1S/C14H23N3O/c1-11-13(8-15-2)9-16-14(17-11)18-10-12-6-4-3-5-7-12/h9,12,15H,3-8,10H2,1-2H3. The monoisotopic (exact) mass is 249 g/mol. The van der Waals surface area contributed by atoms with Crippen molar-refractivity contribution in [3.05, 3.63) is 17.5 Å². The van der Waals surface area contributed by atoms with Crippen LogP contribution in [0.3, 0.4) is 0 Å². The number of rotatable bonds is 5. The Hall–Kier alpha value is -1.16. The Morgan fingerprint density at radius 2 is 2.11 bits per heavy atom. The lowest BCUT2D eigenvalue weighted by molar-refractivity contribution is 0.196. The Kier molecular flexibility index (Phi) is 4.93. The van der Waals surface area contributed by atoms with E-state index in [0.29, 0.717) is 11.9 Å². The lowest BCUT2D eigenvalue weighted by Crippen LogP contribution is -2.16. The van der Waals surface area contributed by atoms with E-state index in [-0.39, 0.29) is 0 Å². The SMILES string of the molecule is CNCc1cnc(OCC2CCCCC2)nc1C. The van der Waals surface area contributed by atoms with Gasteiger partial charge in [0.2, 0.25) is 0 Å². The van der Waals surface area contributed by atoms with Crippen LogP contribution in [0.1, 0.15) is 43.4 Å². The van der Waals surface area contributed by atoms with E-state index in [0.717, 1.165) is 24.4 Å². The van der Waals surface area contributed by atoms with E-state index >= 15 is 0 Å². The van der Waals surface area contributed by atoms with Crippen molar-refractivity contribution in [3.8, 4) is 6.01 Å². The number of hydrogen-bond donors (Lipinski definition) is 1. The predicted molar refractivity (Wildman–Crippen MR) is 71.6 cm³/mol. The lowest BCUT2D eigenvalue weighted by atomic mass is 9.90. The van der Waals surface area contributed by atoms with Gasteiger partial charge in [0.25, 0.3) is 0 Å². The van der Waals surface area contributed by atoms with Crippen LogP contribution in [-0.2, 0) is 6.54 Å². The first kappa shape index (κ1) is 13.3. The third kappa shape index (κ3) is 3.67. The highest BCUT2D eigenvalue weighted by Crippen LogP contribution is 2.24. The van der Waals surface area contributed by atoms with Crippen molar-refractivity contribution in [3.63, 3.8) is 0 Å². The van der Waals surface area contributed by atoms with Crippen LogP contribution >= 0.6 is 0 Å². The molecule has 2 rings (SSSR count). The Morgan fingerprint density at radius 1 is 1.33 bits per heavy atom. The van der Waals surface area contributed by atoms with Gasteiger partial charge in [0.05, 0.1) is 6.61 Å². The highest BCUT2D eigenvalue weighted by atomic mass is 16.5. The Labute approximate surface area is 109 Å². The highest BCUT2D eigenvalue weighted by molar-refractivity contribution is 5.17. The van der Waals surface area contributed by atoms with Gasteiger partial charge in [-0.05, 0) is 32.7 Å². The molecule has 18 heavy (non-hydrogen) atoms. The summed E-state index contributed by atoms with van der Waals surface area (Å²) in [6.07, 6.45) is 8.50. The van der Waals surface area contributed by atoms with Crippen molar-refractivity contribution in [1.82, 2.24) is 15.3 Å². The van der Waals surface area contributed by atoms with E-state index in [1.54, 1.807) is 0 Å². The summed E-state index contributed by atoms with van der Waals surface area (Å²) in [6.45, 7) is 3.57. The maximum atomic E-state index is 5.72. The van der Waals surface area contributed by atoms with Crippen molar-refractivity contribution in [2.45, 2.75) is 45.6 Å². The number of nitrogens with zero attached hydrogens (tertiary/aromatic N) is 2. The number of ether oxygens (including phenoxy) is 1. The Balaban J connectivity index is 1.87. The zero-order chi connectivity index (χ0) is 12.8. The molecule has 0 unspecified atom stereocenters. The van der Waals surface area contributed by atoms with Crippen molar-refractivity contribution >= 4 is 0 Å². The summed E-state index contributed by atoms with van der Waals surface area (Å²) in [5, 5.41) is 3.11. The first-order valence-corrected chi connectivity index (χ1v) is 6.89. The summed E-state index contributed by atoms with van der Waals surface area (Å²) in [4.78, 5) is 8.67. The van der Waals surface area contributed by atoms with Crippen LogP contribution in [0, 0.1) is 12.8 Å². The summed E-state index contributed by atoms with van der Waals surface area (Å²) in [5.41, 5.74) is 2.13. The van der Waals surface area contributed by atoms with Gasteiger partial charge >= 0.3 is 6.01 Å². The fourth-order valence-corrected chi connectivity index (χ4v) is 2.45. The lowest BCUT2D eigenvalue weighted by Gasteiger charge is -2.21. The normalized spacial score (nSPS) is 16.8. The largest absolute Gasteiger partial charge is 0.463 e. The van der Waals surface area contributed by atoms with E-state index in [9.17, 15) is 0 Å². The summed E-state index contributed by atoms with van der Waals surface area (Å²) < 4.78 is 5.72. The molecule has 0 spiro atoms. The molecule has 1 saturated carbocycles. The van der Waals surface area contributed by atoms with E-state index in [1.165, 1.54) is 32.1 Å². The quantitative estimate of drug-likeness (QED) is 0.871. The van der Waals surface area contributed by atoms with Gasteiger partial charge in [0.1, 0.15) is 0 Å². The van der Waals surface area contributed by atoms with Gasteiger partial charge in [-0.15, -0.1) is 0 Å². The molecule has 1 heterocycles. The van der Waals surface area contributed by atoms with Crippen molar-refractivity contribution in [2.24, 2.45) is 5.92 Å². The van der Waals surface area contributed by atoms with Gasteiger partial charge in [-0.1, -0.05) is 19.3 Å². The minimum Gasteiger partial charge on any atom is -0.463 e. The molecule has 1 aromatic heterocycles. The minimum atomic E-state index is 0.526. The van der Waals surface area contributed by atoms with Crippen molar-refractivity contribution < 1.29 is 4.74 Å². The number of hydrogen-bond acceptors (Lipinski definition) is 4. The molecule has 0 amide bonds. The number of aryl methyl sites for hydroxylation is 1. The molecule has 0 aliphatic heterocycles. The molecule has 0 radical (unpaired) electrons. The molecular formula is C14H23N3O.